The van der Waals surface area contributed by atoms with Crippen LogP contribution >= 0.6 is 24.0 Å². The van der Waals surface area contributed by atoms with Gasteiger partial charge in [-0.15, -0.1) is 24.0 Å². The third-order valence-electron chi connectivity index (χ3n) is 3.90. The molecule has 0 bridgehead atoms. The van der Waals surface area contributed by atoms with Crippen molar-refractivity contribution in [1.29, 1.82) is 0 Å². The molecular formula is C17H34IN3O2. The number of esters is 1. The Kier molecular flexibility index (Phi) is 14.7. The minimum atomic E-state index is -0.0734. The quantitative estimate of drug-likeness (QED) is 0.180. The smallest absolute Gasteiger partial charge is 0.305 e. The summed E-state index contributed by atoms with van der Waals surface area (Å²) in [6.07, 6.45) is 9.91. The summed E-state index contributed by atoms with van der Waals surface area (Å²) in [5.41, 5.74) is 0. The van der Waals surface area contributed by atoms with E-state index in [0.717, 1.165) is 44.7 Å². The molecule has 0 unspecified atom stereocenters. The standard InChI is InChI=1S/C17H33N3O2.HI/c1-3-18-17(20-15-11-8-9-12-15)19-14-10-6-5-7-13-16(21)22-4-2;/h15H,3-14H2,1-2H3,(H2,18,19,20);1H. The van der Waals surface area contributed by atoms with Gasteiger partial charge in [0.2, 0.25) is 0 Å². The fourth-order valence-electron chi connectivity index (χ4n) is 2.74. The molecule has 0 heterocycles. The number of halogens is 1. The predicted molar refractivity (Wildman–Crippen MR) is 107 cm³/mol. The lowest BCUT2D eigenvalue weighted by atomic mass is 10.1. The van der Waals surface area contributed by atoms with Crippen LogP contribution in [0, 0.1) is 0 Å². The van der Waals surface area contributed by atoms with Crippen LogP contribution in [-0.4, -0.2) is 37.7 Å². The Balaban J connectivity index is 0.00000484. The van der Waals surface area contributed by atoms with Crippen molar-refractivity contribution in [3.05, 3.63) is 0 Å². The number of rotatable bonds is 10. The summed E-state index contributed by atoms with van der Waals surface area (Å²) in [5.74, 6) is 0.886. The molecule has 0 spiro atoms. The Morgan fingerprint density at radius 3 is 2.48 bits per heavy atom. The van der Waals surface area contributed by atoms with E-state index >= 15 is 0 Å². The zero-order valence-corrected chi connectivity index (χ0v) is 17.1. The molecule has 0 aromatic heterocycles. The van der Waals surface area contributed by atoms with E-state index in [1.165, 1.54) is 25.7 Å². The summed E-state index contributed by atoms with van der Waals surface area (Å²) in [4.78, 5) is 15.8. The molecule has 0 saturated heterocycles. The van der Waals surface area contributed by atoms with Gasteiger partial charge in [-0.3, -0.25) is 9.79 Å². The Bertz CT molecular complexity index is 332. The maximum absolute atomic E-state index is 11.2. The molecule has 0 aromatic rings. The third-order valence-corrected chi connectivity index (χ3v) is 3.90. The van der Waals surface area contributed by atoms with Gasteiger partial charge in [0.1, 0.15) is 0 Å². The van der Waals surface area contributed by atoms with Crippen molar-refractivity contribution in [2.24, 2.45) is 4.99 Å². The van der Waals surface area contributed by atoms with E-state index in [4.69, 9.17) is 4.74 Å². The molecule has 6 heteroatoms. The first-order chi connectivity index (χ1) is 10.8. The molecule has 0 aromatic carbocycles. The van der Waals surface area contributed by atoms with E-state index < -0.39 is 0 Å². The molecule has 5 nitrogen and oxygen atoms in total. The molecule has 1 aliphatic rings. The Morgan fingerprint density at radius 1 is 1.13 bits per heavy atom. The molecule has 23 heavy (non-hydrogen) atoms. The number of hydrogen-bond donors (Lipinski definition) is 2. The number of carbonyl (C=O) groups excluding carboxylic acids is 1. The zero-order chi connectivity index (χ0) is 16.0. The SMILES string of the molecule is CCNC(=NCCCCCCC(=O)OCC)NC1CCCC1.I. The van der Waals surface area contributed by atoms with E-state index in [2.05, 4.69) is 22.5 Å². The van der Waals surface area contributed by atoms with E-state index in [0.29, 0.717) is 19.1 Å². The topological polar surface area (TPSA) is 62.7 Å². The zero-order valence-electron chi connectivity index (χ0n) is 14.7. The molecule has 1 aliphatic carbocycles. The van der Waals surface area contributed by atoms with Crippen LogP contribution in [0.25, 0.3) is 0 Å². The van der Waals surface area contributed by atoms with Crippen molar-refractivity contribution in [1.82, 2.24) is 10.6 Å². The van der Waals surface area contributed by atoms with Crippen LogP contribution in [0.2, 0.25) is 0 Å². The summed E-state index contributed by atoms with van der Waals surface area (Å²) >= 11 is 0. The van der Waals surface area contributed by atoms with Crippen molar-refractivity contribution < 1.29 is 9.53 Å². The highest BCUT2D eigenvalue weighted by Crippen LogP contribution is 2.17. The van der Waals surface area contributed by atoms with Gasteiger partial charge in [-0.05, 0) is 39.5 Å². The second kappa shape index (κ2) is 15.0. The highest BCUT2D eigenvalue weighted by atomic mass is 127. The molecule has 1 rings (SSSR count). The fraction of sp³-hybridized carbons (Fsp3) is 0.882. The molecular weight excluding hydrogens is 405 g/mol. The molecule has 1 saturated carbocycles. The van der Waals surface area contributed by atoms with Gasteiger partial charge in [-0.25, -0.2) is 0 Å². The van der Waals surface area contributed by atoms with E-state index in [9.17, 15) is 4.79 Å². The van der Waals surface area contributed by atoms with Gasteiger partial charge < -0.3 is 15.4 Å². The monoisotopic (exact) mass is 439 g/mol. The Morgan fingerprint density at radius 2 is 1.83 bits per heavy atom. The van der Waals surface area contributed by atoms with E-state index in [1.54, 1.807) is 0 Å². The lowest BCUT2D eigenvalue weighted by Crippen LogP contribution is -2.42. The van der Waals surface area contributed by atoms with Crippen molar-refractivity contribution in [3.63, 3.8) is 0 Å². The van der Waals surface area contributed by atoms with E-state index in [-0.39, 0.29) is 29.9 Å². The van der Waals surface area contributed by atoms with Gasteiger partial charge in [0.05, 0.1) is 6.61 Å². The van der Waals surface area contributed by atoms with Gasteiger partial charge in [0.15, 0.2) is 5.96 Å². The van der Waals surface area contributed by atoms with Crippen LogP contribution in [-0.2, 0) is 9.53 Å². The van der Waals surface area contributed by atoms with Crippen molar-refractivity contribution >= 4 is 35.9 Å². The maximum atomic E-state index is 11.2. The number of carbonyl (C=O) groups is 1. The lowest BCUT2D eigenvalue weighted by molar-refractivity contribution is -0.143. The minimum absolute atomic E-state index is 0. The molecule has 0 amide bonds. The van der Waals surface area contributed by atoms with Crippen molar-refractivity contribution in [2.75, 3.05) is 19.7 Å². The van der Waals surface area contributed by atoms with E-state index in [1.807, 2.05) is 6.92 Å². The van der Waals surface area contributed by atoms with Crippen molar-refractivity contribution in [3.8, 4) is 0 Å². The van der Waals surface area contributed by atoms with Gasteiger partial charge in [-0.2, -0.15) is 0 Å². The van der Waals surface area contributed by atoms with Crippen LogP contribution in [0.1, 0.15) is 71.6 Å². The Hall–Kier alpha value is -0.530. The first-order valence-electron chi connectivity index (χ1n) is 8.96. The normalized spacial score (nSPS) is 15.1. The van der Waals surface area contributed by atoms with Crippen molar-refractivity contribution in [2.45, 2.75) is 77.7 Å². The second-order valence-corrected chi connectivity index (χ2v) is 5.86. The molecule has 0 atom stereocenters. The van der Waals surface area contributed by atoms with Crippen LogP contribution in [0.5, 0.6) is 0 Å². The number of unbranched alkanes of at least 4 members (excludes halogenated alkanes) is 3. The summed E-state index contributed by atoms with van der Waals surface area (Å²) in [7, 11) is 0. The summed E-state index contributed by atoms with van der Waals surface area (Å²) in [6.45, 7) is 6.17. The molecule has 0 aliphatic heterocycles. The highest BCUT2D eigenvalue weighted by molar-refractivity contribution is 14.0. The van der Waals surface area contributed by atoms with Crippen LogP contribution in [0.3, 0.4) is 0 Å². The first-order valence-corrected chi connectivity index (χ1v) is 8.96. The number of hydrogen-bond acceptors (Lipinski definition) is 3. The molecule has 2 N–H and O–H groups in total. The summed E-state index contributed by atoms with van der Waals surface area (Å²) in [5, 5.41) is 6.84. The van der Waals surface area contributed by atoms with Gasteiger partial charge in [-0.1, -0.05) is 25.7 Å². The van der Waals surface area contributed by atoms with Crippen LogP contribution < -0.4 is 10.6 Å². The average Bonchev–Trinajstić information content (AvgIpc) is 2.99. The maximum Gasteiger partial charge on any atom is 0.305 e. The van der Waals surface area contributed by atoms with Gasteiger partial charge >= 0.3 is 5.97 Å². The number of aliphatic imine (C=N–C) groups is 1. The minimum Gasteiger partial charge on any atom is -0.466 e. The molecule has 0 radical (unpaired) electrons. The number of nitrogens with one attached hydrogen (secondary N) is 2. The highest BCUT2D eigenvalue weighted by Gasteiger charge is 2.15. The van der Waals surface area contributed by atoms with Crippen LogP contribution in [0.15, 0.2) is 4.99 Å². The number of ether oxygens (including phenoxy) is 1. The van der Waals surface area contributed by atoms with Gasteiger partial charge in [0.25, 0.3) is 0 Å². The van der Waals surface area contributed by atoms with Crippen LogP contribution in [0.4, 0.5) is 0 Å². The third kappa shape index (κ3) is 11.6. The Labute approximate surface area is 158 Å². The largest absolute Gasteiger partial charge is 0.466 e. The second-order valence-electron chi connectivity index (χ2n) is 5.86. The summed E-state index contributed by atoms with van der Waals surface area (Å²) in [6, 6.07) is 0.599. The lowest BCUT2D eigenvalue weighted by Gasteiger charge is -2.16. The number of guanidine groups is 1. The number of nitrogens with zero attached hydrogens (tertiary/aromatic N) is 1. The predicted octanol–water partition coefficient (Wildman–Crippen LogP) is 3.62. The molecule has 1 fully saturated rings. The molecule has 136 valence electrons. The fourth-order valence-corrected chi connectivity index (χ4v) is 2.74. The first kappa shape index (κ1) is 22.5. The van der Waals surface area contributed by atoms with Gasteiger partial charge in [0, 0.05) is 25.6 Å². The average molecular weight is 439 g/mol. The summed E-state index contributed by atoms with van der Waals surface area (Å²) < 4.78 is 4.91.